The zero-order valence-electron chi connectivity index (χ0n) is 12.1. The van der Waals surface area contributed by atoms with E-state index >= 15 is 0 Å². The standard InChI is InChI=1S/C15H23NO3S/c1-3-4-5-6-7-14(15(17)19-16)20-13-10-8-12(18-2)9-11-13/h8-11,14H,3-7,16H2,1-2H3. The first-order chi connectivity index (χ1) is 9.71. The molecule has 0 bridgehead atoms. The van der Waals surface area contributed by atoms with Crippen LogP contribution >= 0.6 is 11.8 Å². The summed E-state index contributed by atoms with van der Waals surface area (Å²) in [6, 6.07) is 7.63. The number of rotatable bonds is 9. The van der Waals surface area contributed by atoms with Gasteiger partial charge in [0.25, 0.3) is 0 Å². The van der Waals surface area contributed by atoms with Gasteiger partial charge in [-0.1, -0.05) is 32.6 Å². The largest absolute Gasteiger partial charge is 0.497 e. The van der Waals surface area contributed by atoms with E-state index in [1.165, 1.54) is 24.6 Å². The summed E-state index contributed by atoms with van der Waals surface area (Å²) in [6.07, 6.45) is 5.30. The number of benzene rings is 1. The number of thioether (sulfide) groups is 1. The molecule has 0 fully saturated rings. The number of hydrogen-bond donors (Lipinski definition) is 1. The molecule has 112 valence electrons. The lowest BCUT2D eigenvalue weighted by atomic mass is 10.1. The van der Waals surface area contributed by atoms with Crippen LogP contribution in [0.1, 0.15) is 39.0 Å². The lowest BCUT2D eigenvalue weighted by Gasteiger charge is -2.13. The third-order valence-electron chi connectivity index (χ3n) is 3.04. The van der Waals surface area contributed by atoms with Gasteiger partial charge in [-0.3, -0.25) is 0 Å². The second kappa shape index (κ2) is 9.66. The molecule has 1 aromatic carbocycles. The van der Waals surface area contributed by atoms with E-state index in [0.717, 1.165) is 29.9 Å². The molecule has 1 unspecified atom stereocenters. The molecule has 5 heteroatoms. The molecule has 0 aliphatic heterocycles. The Morgan fingerprint density at radius 3 is 2.50 bits per heavy atom. The molecule has 20 heavy (non-hydrogen) atoms. The zero-order chi connectivity index (χ0) is 14.8. The molecule has 2 N–H and O–H groups in total. The van der Waals surface area contributed by atoms with E-state index in [4.69, 9.17) is 10.6 Å². The van der Waals surface area contributed by atoms with E-state index < -0.39 is 0 Å². The van der Waals surface area contributed by atoms with Crippen molar-refractivity contribution in [2.75, 3.05) is 7.11 Å². The van der Waals surface area contributed by atoms with E-state index in [1.807, 2.05) is 24.3 Å². The average Bonchev–Trinajstić information content (AvgIpc) is 2.50. The Morgan fingerprint density at radius 2 is 1.95 bits per heavy atom. The molecule has 0 heterocycles. The second-order valence-corrected chi connectivity index (χ2v) is 5.84. The molecule has 1 aromatic rings. The van der Waals surface area contributed by atoms with Crippen LogP contribution in [0.3, 0.4) is 0 Å². The lowest BCUT2D eigenvalue weighted by molar-refractivity contribution is -0.143. The summed E-state index contributed by atoms with van der Waals surface area (Å²) in [5.74, 6) is 5.46. The molecule has 0 amide bonds. The number of methoxy groups -OCH3 is 1. The van der Waals surface area contributed by atoms with Crippen molar-refractivity contribution in [2.45, 2.75) is 49.2 Å². The minimum absolute atomic E-state index is 0.245. The quantitative estimate of drug-likeness (QED) is 0.429. The Morgan fingerprint density at radius 1 is 1.25 bits per heavy atom. The van der Waals surface area contributed by atoms with E-state index in [0.29, 0.717) is 0 Å². The number of ether oxygens (including phenoxy) is 1. The van der Waals surface area contributed by atoms with Gasteiger partial charge in [-0.2, -0.15) is 5.90 Å². The van der Waals surface area contributed by atoms with Crippen molar-refractivity contribution < 1.29 is 14.4 Å². The smallest absolute Gasteiger partial charge is 0.337 e. The summed E-state index contributed by atoms with van der Waals surface area (Å²) in [6.45, 7) is 2.16. The lowest BCUT2D eigenvalue weighted by Crippen LogP contribution is -2.23. The molecule has 1 rings (SSSR count). The van der Waals surface area contributed by atoms with Crippen molar-refractivity contribution in [2.24, 2.45) is 5.90 Å². The fourth-order valence-corrected chi connectivity index (χ4v) is 2.93. The maximum absolute atomic E-state index is 11.7. The minimum Gasteiger partial charge on any atom is -0.497 e. The summed E-state index contributed by atoms with van der Waals surface area (Å²) >= 11 is 1.49. The summed E-state index contributed by atoms with van der Waals surface area (Å²) in [5, 5.41) is -0.245. The topological polar surface area (TPSA) is 61.5 Å². The van der Waals surface area contributed by atoms with Gasteiger partial charge in [-0.25, -0.2) is 4.79 Å². The van der Waals surface area contributed by atoms with Crippen molar-refractivity contribution in [3.05, 3.63) is 24.3 Å². The van der Waals surface area contributed by atoms with Crippen molar-refractivity contribution in [3.8, 4) is 5.75 Å². The van der Waals surface area contributed by atoms with E-state index in [-0.39, 0.29) is 11.2 Å². The second-order valence-electron chi connectivity index (χ2n) is 4.57. The molecular weight excluding hydrogens is 274 g/mol. The summed E-state index contributed by atoms with van der Waals surface area (Å²) in [5.41, 5.74) is 0. The van der Waals surface area contributed by atoms with Crippen LogP contribution in [0.4, 0.5) is 0 Å². The molecule has 0 aliphatic rings. The van der Waals surface area contributed by atoms with Gasteiger partial charge in [0.15, 0.2) is 0 Å². The number of carbonyl (C=O) groups excluding carboxylic acids is 1. The monoisotopic (exact) mass is 297 g/mol. The highest BCUT2D eigenvalue weighted by Gasteiger charge is 2.20. The maximum atomic E-state index is 11.7. The predicted molar refractivity (Wildman–Crippen MR) is 81.7 cm³/mol. The number of hydrogen-bond acceptors (Lipinski definition) is 5. The van der Waals surface area contributed by atoms with Gasteiger partial charge >= 0.3 is 5.97 Å². The first kappa shape index (κ1) is 16.9. The molecule has 4 nitrogen and oxygen atoms in total. The van der Waals surface area contributed by atoms with Gasteiger partial charge in [0.1, 0.15) is 11.0 Å². The maximum Gasteiger partial charge on any atom is 0.337 e. The van der Waals surface area contributed by atoms with Crippen LogP contribution in [-0.4, -0.2) is 18.3 Å². The Bertz CT molecular complexity index is 395. The van der Waals surface area contributed by atoms with E-state index in [9.17, 15) is 4.79 Å². The summed E-state index contributed by atoms with van der Waals surface area (Å²) in [7, 11) is 1.63. The van der Waals surface area contributed by atoms with Gasteiger partial charge in [-0.15, -0.1) is 11.8 Å². The fraction of sp³-hybridized carbons (Fsp3) is 0.533. The Hall–Kier alpha value is -1.20. The van der Waals surface area contributed by atoms with Gasteiger partial charge < -0.3 is 9.57 Å². The molecule has 0 aliphatic carbocycles. The first-order valence-electron chi connectivity index (χ1n) is 6.92. The van der Waals surface area contributed by atoms with Crippen molar-refractivity contribution in [1.29, 1.82) is 0 Å². The average molecular weight is 297 g/mol. The van der Waals surface area contributed by atoms with Crippen LogP contribution in [0, 0.1) is 0 Å². The van der Waals surface area contributed by atoms with Crippen LogP contribution in [0.2, 0.25) is 0 Å². The highest BCUT2D eigenvalue weighted by molar-refractivity contribution is 8.00. The molecular formula is C15H23NO3S. The molecule has 0 radical (unpaired) electrons. The van der Waals surface area contributed by atoms with E-state index in [2.05, 4.69) is 11.8 Å². The van der Waals surface area contributed by atoms with Gasteiger partial charge in [0.05, 0.1) is 7.11 Å². The molecule has 0 saturated heterocycles. The van der Waals surface area contributed by atoms with Crippen molar-refractivity contribution in [1.82, 2.24) is 0 Å². The summed E-state index contributed by atoms with van der Waals surface area (Å²) < 4.78 is 5.11. The Balaban J connectivity index is 2.56. The van der Waals surface area contributed by atoms with Crippen molar-refractivity contribution in [3.63, 3.8) is 0 Å². The number of carbonyl (C=O) groups is 1. The SMILES string of the molecule is CCCCCCC(Sc1ccc(OC)cc1)C(=O)ON. The van der Waals surface area contributed by atoms with Crippen molar-refractivity contribution >= 4 is 17.7 Å². The fourth-order valence-electron chi connectivity index (χ4n) is 1.88. The number of unbranched alkanes of at least 4 members (excludes halogenated alkanes) is 3. The molecule has 0 aromatic heterocycles. The highest BCUT2D eigenvalue weighted by atomic mass is 32.2. The van der Waals surface area contributed by atoms with Gasteiger partial charge in [0, 0.05) is 4.90 Å². The Labute approximate surface area is 125 Å². The van der Waals surface area contributed by atoms with Crippen LogP contribution in [-0.2, 0) is 9.63 Å². The van der Waals surface area contributed by atoms with Crippen LogP contribution in [0.25, 0.3) is 0 Å². The minimum atomic E-state index is -0.359. The highest BCUT2D eigenvalue weighted by Crippen LogP contribution is 2.29. The Kier molecular flexibility index (Phi) is 8.14. The molecule has 0 saturated carbocycles. The first-order valence-corrected chi connectivity index (χ1v) is 7.80. The third-order valence-corrected chi connectivity index (χ3v) is 4.29. The zero-order valence-corrected chi connectivity index (χ0v) is 12.9. The predicted octanol–water partition coefficient (Wildman–Crippen LogP) is 3.54. The van der Waals surface area contributed by atoms with Crippen LogP contribution < -0.4 is 10.6 Å². The normalized spacial score (nSPS) is 11.9. The molecule has 1 atom stereocenters. The van der Waals surface area contributed by atoms with Gasteiger partial charge in [-0.05, 0) is 30.7 Å². The molecule has 0 spiro atoms. The van der Waals surface area contributed by atoms with Crippen LogP contribution in [0.15, 0.2) is 29.2 Å². The number of nitrogens with two attached hydrogens (primary N) is 1. The third kappa shape index (κ3) is 5.84. The van der Waals surface area contributed by atoms with Crippen LogP contribution in [0.5, 0.6) is 5.75 Å². The van der Waals surface area contributed by atoms with Gasteiger partial charge in [0.2, 0.25) is 0 Å². The summed E-state index contributed by atoms with van der Waals surface area (Å²) in [4.78, 5) is 17.1. The van der Waals surface area contributed by atoms with E-state index in [1.54, 1.807) is 7.11 Å².